The molecule has 0 amide bonds. The molecule has 2 bridgehead atoms. The third kappa shape index (κ3) is 2.97. The highest BCUT2D eigenvalue weighted by molar-refractivity contribution is 5.11. The molecule has 0 radical (unpaired) electrons. The maximum atomic E-state index is 4.63. The number of hydrogen-bond donors (Lipinski definition) is 1. The van der Waals surface area contributed by atoms with Crippen molar-refractivity contribution in [2.24, 2.45) is 17.8 Å². The average Bonchev–Trinajstić information content (AvgIpc) is 3.01. The van der Waals surface area contributed by atoms with E-state index >= 15 is 0 Å². The van der Waals surface area contributed by atoms with Crippen molar-refractivity contribution in [1.82, 2.24) is 15.3 Å². The molecule has 0 spiro atoms. The van der Waals surface area contributed by atoms with Crippen molar-refractivity contribution in [1.29, 1.82) is 0 Å². The summed E-state index contributed by atoms with van der Waals surface area (Å²) in [7, 11) is 0. The summed E-state index contributed by atoms with van der Waals surface area (Å²) in [6.07, 6.45) is 9.62. The second kappa shape index (κ2) is 5.58. The van der Waals surface area contributed by atoms with Gasteiger partial charge in [0.2, 0.25) is 0 Å². The first-order valence-corrected chi connectivity index (χ1v) is 7.74. The lowest BCUT2D eigenvalue weighted by Crippen LogP contribution is -2.19. The van der Waals surface area contributed by atoms with Crippen LogP contribution >= 0.6 is 0 Å². The second-order valence-electron chi connectivity index (χ2n) is 6.76. The fourth-order valence-corrected chi connectivity index (χ4v) is 3.71. The van der Waals surface area contributed by atoms with Gasteiger partial charge in [0.1, 0.15) is 5.82 Å². The Bertz CT molecular complexity index is 413. The third-order valence-corrected chi connectivity index (χ3v) is 4.68. The number of nitrogens with zero attached hydrogens (tertiary/aromatic N) is 2. The highest BCUT2D eigenvalue weighted by Crippen LogP contribution is 2.51. The molecular weight excluding hydrogens is 234 g/mol. The molecule has 19 heavy (non-hydrogen) atoms. The van der Waals surface area contributed by atoms with Gasteiger partial charge in [-0.2, -0.15) is 0 Å². The van der Waals surface area contributed by atoms with Crippen LogP contribution in [0.2, 0.25) is 0 Å². The monoisotopic (exact) mass is 259 g/mol. The molecule has 3 nitrogen and oxygen atoms in total. The van der Waals surface area contributed by atoms with E-state index in [9.17, 15) is 0 Å². The zero-order valence-corrected chi connectivity index (χ0v) is 12.1. The average molecular weight is 259 g/mol. The van der Waals surface area contributed by atoms with E-state index in [-0.39, 0.29) is 0 Å². The van der Waals surface area contributed by atoms with Gasteiger partial charge in [0.05, 0.1) is 0 Å². The van der Waals surface area contributed by atoms with Gasteiger partial charge in [0.25, 0.3) is 0 Å². The lowest BCUT2D eigenvalue weighted by atomic mass is 9.88. The Kier molecular flexibility index (Phi) is 3.83. The SMILES string of the molecule is CC(C)CNCc1cnc(C2CC3CCC2C3)nc1. The van der Waals surface area contributed by atoms with Gasteiger partial charge >= 0.3 is 0 Å². The molecule has 1 aromatic rings. The largest absolute Gasteiger partial charge is 0.312 e. The highest BCUT2D eigenvalue weighted by Gasteiger charge is 2.41. The first-order valence-electron chi connectivity index (χ1n) is 7.74. The van der Waals surface area contributed by atoms with Crippen molar-refractivity contribution < 1.29 is 0 Å². The van der Waals surface area contributed by atoms with E-state index < -0.39 is 0 Å². The quantitative estimate of drug-likeness (QED) is 0.883. The van der Waals surface area contributed by atoms with E-state index in [4.69, 9.17) is 0 Å². The first kappa shape index (κ1) is 13.0. The summed E-state index contributed by atoms with van der Waals surface area (Å²) in [6, 6.07) is 0. The first-order chi connectivity index (χ1) is 9.22. The topological polar surface area (TPSA) is 37.8 Å². The van der Waals surface area contributed by atoms with Gasteiger partial charge in [-0.15, -0.1) is 0 Å². The Morgan fingerprint density at radius 3 is 2.58 bits per heavy atom. The maximum absolute atomic E-state index is 4.63. The van der Waals surface area contributed by atoms with Gasteiger partial charge in [-0.25, -0.2) is 9.97 Å². The number of hydrogen-bond acceptors (Lipinski definition) is 3. The van der Waals surface area contributed by atoms with Gasteiger partial charge in [0, 0.05) is 30.4 Å². The number of rotatable bonds is 5. The van der Waals surface area contributed by atoms with E-state index in [1.165, 1.54) is 31.2 Å². The molecule has 1 heterocycles. The van der Waals surface area contributed by atoms with Crippen molar-refractivity contribution >= 4 is 0 Å². The van der Waals surface area contributed by atoms with Crippen LogP contribution < -0.4 is 5.32 Å². The van der Waals surface area contributed by atoms with Crippen molar-refractivity contribution in [2.45, 2.75) is 52.0 Å². The van der Waals surface area contributed by atoms with E-state index in [0.29, 0.717) is 11.8 Å². The third-order valence-electron chi connectivity index (χ3n) is 4.68. The Balaban J connectivity index is 1.57. The van der Waals surface area contributed by atoms with Crippen LogP contribution in [0.3, 0.4) is 0 Å². The molecule has 1 aromatic heterocycles. The van der Waals surface area contributed by atoms with Crippen LogP contribution in [0.15, 0.2) is 12.4 Å². The number of aromatic nitrogens is 2. The zero-order valence-electron chi connectivity index (χ0n) is 12.1. The Morgan fingerprint density at radius 2 is 2.00 bits per heavy atom. The van der Waals surface area contributed by atoms with Crippen molar-refractivity contribution in [2.75, 3.05) is 6.54 Å². The normalized spacial score (nSPS) is 29.3. The fraction of sp³-hybridized carbons (Fsp3) is 0.750. The van der Waals surface area contributed by atoms with Crippen LogP contribution in [-0.2, 0) is 6.54 Å². The van der Waals surface area contributed by atoms with Gasteiger partial charge in [-0.05, 0) is 43.6 Å². The molecule has 3 heteroatoms. The molecule has 0 saturated heterocycles. The van der Waals surface area contributed by atoms with Gasteiger partial charge in [0.15, 0.2) is 0 Å². The van der Waals surface area contributed by atoms with E-state index in [1.807, 2.05) is 12.4 Å². The van der Waals surface area contributed by atoms with Crippen LogP contribution in [0.4, 0.5) is 0 Å². The lowest BCUT2D eigenvalue weighted by molar-refractivity contribution is 0.405. The summed E-state index contributed by atoms with van der Waals surface area (Å²) in [5, 5.41) is 3.44. The molecule has 3 unspecified atom stereocenters. The summed E-state index contributed by atoms with van der Waals surface area (Å²) in [4.78, 5) is 9.25. The number of fused-ring (bicyclic) bond motifs is 2. The lowest BCUT2D eigenvalue weighted by Gasteiger charge is -2.20. The smallest absolute Gasteiger partial charge is 0.131 e. The van der Waals surface area contributed by atoms with Crippen molar-refractivity contribution in [3.63, 3.8) is 0 Å². The minimum atomic E-state index is 0.649. The van der Waals surface area contributed by atoms with Crippen LogP contribution in [0, 0.1) is 17.8 Å². The molecule has 0 aliphatic heterocycles. The molecular formula is C16H25N3. The zero-order chi connectivity index (χ0) is 13.2. The van der Waals surface area contributed by atoms with Crippen molar-refractivity contribution in [3.05, 3.63) is 23.8 Å². The maximum Gasteiger partial charge on any atom is 0.131 e. The van der Waals surface area contributed by atoms with Gasteiger partial charge < -0.3 is 5.32 Å². The van der Waals surface area contributed by atoms with E-state index in [0.717, 1.165) is 30.7 Å². The van der Waals surface area contributed by atoms with Gasteiger partial charge in [-0.3, -0.25) is 0 Å². The van der Waals surface area contributed by atoms with E-state index in [1.54, 1.807) is 0 Å². The Morgan fingerprint density at radius 1 is 1.21 bits per heavy atom. The molecule has 2 aliphatic rings. The molecule has 3 atom stereocenters. The summed E-state index contributed by atoms with van der Waals surface area (Å²) in [5.74, 6) is 4.27. The molecule has 2 saturated carbocycles. The highest BCUT2D eigenvalue weighted by atomic mass is 14.9. The van der Waals surface area contributed by atoms with Crippen molar-refractivity contribution in [3.8, 4) is 0 Å². The van der Waals surface area contributed by atoms with Crippen LogP contribution in [0.5, 0.6) is 0 Å². The standard InChI is InChI=1S/C16H25N3/c1-11(2)7-17-8-13-9-18-16(19-10-13)15-6-12-3-4-14(15)5-12/h9-12,14-15,17H,3-8H2,1-2H3. The van der Waals surface area contributed by atoms with Crippen LogP contribution in [-0.4, -0.2) is 16.5 Å². The Labute approximate surface area is 116 Å². The molecule has 104 valence electrons. The molecule has 3 rings (SSSR count). The predicted octanol–water partition coefficient (Wildman–Crippen LogP) is 3.13. The molecule has 2 fully saturated rings. The summed E-state index contributed by atoms with van der Waals surface area (Å²) in [5.41, 5.74) is 1.20. The van der Waals surface area contributed by atoms with Gasteiger partial charge in [-0.1, -0.05) is 20.3 Å². The number of nitrogens with one attached hydrogen (secondary N) is 1. The summed E-state index contributed by atoms with van der Waals surface area (Å²) < 4.78 is 0. The molecule has 1 N–H and O–H groups in total. The summed E-state index contributed by atoms with van der Waals surface area (Å²) in [6.45, 7) is 6.38. The van der Waals surface area contributed by atoms with Crippen LogP contribution in [0.1, 0.15) is 56.8 Å². The fourth-order valence-electron chi connectivity index (χ4n) is 3.71. The predicted molar refractivity (Wildman–Crippen MR) is 76.8 cm³/mol. The summed E-state index contributed by atoms with van der Waals surface area (Å²) >= 11 is 0. The minimum absolute atomic E-state index is 0.649. The van der Waals surface area contributed by atoms with Crippen LogP contribution in [0.25, 0.3) is 0 Å². The minimum Gasteiger partial charge on any atom is -0.312 e. The molecule has 2 aliphatic carbocycles. The van der Waals surface area contributed by atoms with E-state index in [2.05, 4.69) is 29.1 Å². The Hall–Kier alpha value is -0.960. The molecule has 0 aromatic carbocycles. The second-order valence-corrected chi connectivity index (χ2v) is 6.76.